The van der Waals surface area contributed by atoms with Crippen molar-refractivity contribution in [2.24, 2.45) is 10.9 Å². The first-order chi connectivity index (χ1) is 12.7. The maximum Gasteiger partial charge on any atom is 0.228 e. The van der Waals surface area contributed by atoms with E-state index in [0.717, 1.165) is 56.3 Å². The molecule has 0 N–H and O–H groups in total. The van der Waals surface area contributed by atoms with E-state index in [1.54, 1.807) is 11.8 Å². The van der Waals surface area contributed by atoms with Gasteiger partial charge in [0, 0.05) is 25.3 Å². The molecule has 0 aliphatic carbocycles. The number of hydrogen-bond donors (Lipinski definition) is 0. The molecule has 1 fully saturated rings. The highest BCUT2D eigenvalue weighted by Crippen LogP contribution is 2.32. The summed E-state index contributed by atoms with van der Waals surface area (Å²) in [7, 11) is 0. The lowest BCUT2D eigenvalue weighted by atomic mass is 9.91. The molecule has 1 atom stereocenters. The molecule has 3 heterocycles. The van der Waals surface area contributed by atoms with Crippen molar-refractivity contribution in [3.8, 4) is 0 Å². The van der Waals surface area contributed by atoms with Crippen LogP contribution in [0.1, 0.15) is 31.2 Å². The highest BCUT2D eigenvalue weighted by Gasteiger charge is 2.30. The van der Waals surface area contributed by atoms with Crippen molar-refractivity contribution in [3.05, 3.63) is 46.8 Å². The lowest BCUT2D eigenvalue weighted by molar-refractivity contribution is -0.132. The maximum absolute atomic E-state index is 13.0. The Morgan fingerprint density at radius 1 is 1.27 bits per heavy atom. The van der Waals surface area contributed by atoms with Gasteiger partial charge in [0.15, 0.2) is 5.17 Å². The first-order valence-electron chi connectivity index (χ1n) is 9.39. The zero-order valence-electron chi connectivity index (χ0n) is 14.9. The van der Waals surface area contributed by atoms with E-state index in [2.05, 4.69) is 15.3 Å². The number of nitrogens with zero attached hydrogens (tertiary/aromatic N) is 3. The summed E-state index contributed by atoms with van der Waals surface area (Å²) in [4.78, 5) is 21.4. The van der Waals surface area contributed by atoms with Crippen LogP contribution >= 0.6 is 11.8 Å². The predicted octanol–water partition coefficient (Wildman–Crippen LogP) is 3.65. The second-order valence-electron chi connectivity index (χ2n) is 7.23. The molecule has 6 heteroatoms. The van der Waals surface area contributed by atoms with Crippen LogP contribution in [0.25, 0.3) is 0 Å². The SMILES string of the molecule is O=C(CC1=CSC2=NCCN12)N1CCC[C@H](CCc2ccc(F)cc2)C1. The summed E-state index contributed by atoms with van der Waals surface area (Å²) in [6, 6.07) is 6.77. The van der Waals surface area contributed by atoms with Crippen molar-refractivity contribution in [3.63, 3.8) is 0 Å². The number of carbonyl (C=O) groups is 1. The number of thioether (sulfide) groups is 1. The van der Waals surface area contributed by atoms with Crippen molar-refractivity contribution in [2.75, 3.05) is 26.2 Å². The number of halogens is 1. The largest absolute Gasteiger partial charge is 0.342 e. The third-order valence-electron chi connectivity index (χ3n) is 5.41. The molecular formula is C20H24FN3OS. The Morgan fingerprint density at radius 2 is 2.12 bits per heavy atom. The van der Waals surface area contributed by atoms with Gasteiger partial charge >= 0.3 is 0 Å². The zero-order valence-corrected chi connectivity index (χ0v) is 15.7. The first-order valence-corrected chi connectivity index (χ1v) is 10.3. The number of carbonyl (C=O) groups excluding carboxylic acids is 1. The second-order valence-corrected chi connectivity index (χ2v) is 8.07. The van der Waals surface area contributed by atoms with Crippen LogP contribution in [0, 0.1) is 11.7 Å². The maximum atomic E-state index is 13.0. The van der Waals surface area contributed by atoms with Gasteiger partial charge in [0.2, 0.25) is 5.91 Å². The van der Waals surface area contributed by atoms with Crippen LogP contribution in [0.4, 0.5) is 4.39 Å². The number of benzene rings is 1. The lowest BCUT2D eigenvalue weighted by Gasteiger charge is -2.33. The number of rotatable bonds is 5. The van der Waals surface area contributed by atoms with Crippen molar-refractivity contribution < 1.29 is 9.18 Å². The molecule has 26 heavy (non-hydrogen) atoms. The minimum atomic E-state index is -0.186. The van der Waals surface area contributed by atoms with E-state index in [4.69, 9.17) is 0 Å². The van der Waals surface area contributed by atoms with E-state index in [1.807, 2.05) is 17.0 Å². The van der Waals surface area contributed by atoms with Gasteiger partial charge in [0.05, 0.1) is 13.0 Å². The smallest absolute Gasteiger partial charge is 0.228 e. The monoisotopic (exact) mass is 373 g/mol. The summed E-state index contributed by atoms with van der Waals surface area (Å²) in [5, 5.41) is 3.12. The van der Waals surface area contributed by atoms with Gasteiger partial charge in [-0.3, -0.25) is 9.79 Å². The number of fused-ring (bicyclic) bond motifs is 1. The fourth-order valence-corrected chi connectivity index (χ4v) is 4.88. The number of amides is 1. The third kappa shape index (κ3) is 3.95. The van der Waals surface area contributed by atoms with E-state index < -0.39 is 0 Å². The van der Waals surface area contributed by atoms with Gasteiger partial charge in [-0.05, 0) is 54.7 Å². The summed E-state index contributed by atoms with van der Waals surface area (Å²) >= 11 is 1.63. The Labute approximate surface area is 158 Å². The highest BCUT2D eigenvalue weighted by molar-refractivity contribution is 8.16. The molecule has 0 spiro atoms. The van der Waals surface area contributed by atoms with Gasteiger partial charge < -0.3 is 9.80 Å². The Kier molecular flexibility index (Phi) is 5.29. The molecule has 1 saturated heterocycles. The molecule has 3 aliphatic heterocycles. The Morgan fingerprint density at radius 3 is 2.96 bits per heavy atom. The molecule has 4 nitrogen and oxygen atoms in total. The van der Waals surface area contributed by atoms with Crippen LogP contribution < -0.4 is 0 Å². The molecule has 138 valence electrons. The van der Waals surface area contributed by atoms with E-state index >= 15 is 0 Å². The third-order valence-corrected chi connectivity index (χ3v) is 6.36. The molecule has 1 aromatic rings. The topological polar surface area (TPSA) is 35.9 Å². The molecule has 0 radical (unpaired) electrons. The van der Waals surface area contributed by atoms with Crippen LogP contribution in [-0.2, 0) is 11.2 Å². The Hall–Kier alpha value is -1.82. The average Bonchev–Trinajstić information content (AvgIpc) is 3.27. The molecule has 1 aromatic carbocycles. The summed E-state index contributed by atoms with van der Waals surface area (Å²) in [5.74, 6) is 0.582. The van der Waals surface area contributed by atoms with Crippen molar-refractivity contribution in [1.29, 1.82) is 0 Å². The van der Waals surface area contributed by atoms with Crippen LogP contribution in [0.5, 0.6) is 0 Å². The number of piperidine rings is 1. The van der Waals surface area contributed by atoms with Gasteiger partial charge in [-0.15, -0.1) is 0 Å². The molecule has 0 bridgehead atoms. The highest BCUT2D eigenvalue weighted by atomic mass is 32.2. The summed E-state index contributed by atoms with van der Waals surface area (Å²) in [6.07, 6.45) is 4.73. The number of aryl methyl sites for hydroxylation is 1. The van der Waals surface area contributed by atoms with Gasteiger partial charge in [-0.1, -0.05) is 23.9 Å². The Bertz CT molecular complexity index is 731. The molecule has 0 saturated carbocycles. The standard InChI is InChI=1S/C20H24FN3OS/c21-17-7-5-15(6-8-17)3-4-16-2-1-10-23(13-16)19(25)12-18-14-26-20-22-9-11-24(18)20/h5-8,14,16H,1-4,9-13H2/t16-/m1/s1. The van der Waals surface area contributed by atoms with E-state index in [-0.39, 0.29) is 11.7 Å². The van der Waals surface area contributed by atoms with Gasteiger partial charge in [0.1, 0.15) is 5.82 Å². The molecular weight excluding hydrogens is 349 g/mol. The lowest BCUT2D eigenvalue weighted by Crippen LogP contribution is -2.40. The van der Waals surface area contributed by atoms with E-state index in [9.17, 15) is 9.18 Å². The van der Waals surface area contributed by atoms with Gasteiger partial charge in [-0.2, -0.15) is 0 Å². The normalized spacial score (nSPS) is 22.3. The molecule has 0 unspecified atom stereocenters. The second kappa shape index (κ2) is 7.82. The van der Waals surface area contributed by atoms with Crippen LogP contribution in [0.3, 0.4) is 0 Å². The van der Waals surface area contributed by atoms with Crippen LogP contribution in [0.2, 0.25) is 0 Å². The van der Waals surface area contributed by atoms with Crippen LogP contribution in [0.15, 0.2) is 40.4 Å². The summed E-state index contributed by atoms with van der Waals surface area (Å²) in [5.41, 5.74) is 2.27. The quantitative estimate of drug-likeness (QED) is 0.790. The zero-order chi connectivity index (χ0) is 17.9. The summed E-state index contributed by atoms with van der Waals surface area (Å²) < 4.78 is 13.0. The average molecular weight is 373 g/mol. The van der Waals surface area contributed by atoms with E-state index in [1.165, 1.54) is 24.1 Å². The fourth-order valence-electron chi connectivity index (χ4n) is 3.93. The van der Waals surface area contributed by atoms with Crippen molar-refractivity contribution in [1.82, 2.24) is 9.80 Å². The molecule has 3 aliphatic rings. The number of aliphatic imine (C=N–C) groups is 1. The molecule has 4 rings (SSSR count). The summed E-state index contributed by atoms with van der Waals surface area (Å²) in [6.45, 7) is 3.46. The van der Waals surface area contributed by atoms with Crippen LogP contribution in [-0.4, -0.2) is 47.1 Å². The fraction of sp³-hybridized carbons (Fsp3) is 0.500. The number of likely N-dealkylation sites (tertiary alicyclic amines) is 1. The van der Waals surface area contributed by atoms with Gasteiger partial charge in [-0.25, -0.2) is 4.39 Å². The molecule has 0 aromatic heterocycles. The number of amidine groups is 1. The number of hydrogen-bond acceptors (Lipinski definition) is 4. The van der Waals surface area contributed by atoms with E-state index in [0.29, 0.717) is 12.3 Å². The van der Waals surface area contributed by atoms with Crippen molar-refractivity contribution >= 4 is 22.8 Å². The van der Waals surface area contributed by atoms with Crippen molar-refractivity contribution in [2.45, 2.75) is 32.1 Å². The minimum Gasteiger partial charge on any atom is -0.342 e. The minimum absolute atomic E-state index is 0.186. The Balaban J connectivity index is 1.28. The molecule has 1 amide bonds. The predicted molar refractivity (Wildman–Crippen MR) is 103 cm³/mol. The first kappa shape index (κ1) is 17.6. The van der Waals surface area contributed by atoms with Gasteiger partial charge in [0.25, 0.3) is 0 Å².